The van der Waals surface area contributed by atoms with Gasteiger partial charge in [0.25, 0.3) is 11.3 Å². The van der Waals surface area contributed by atoms with E-state index < -0.39 is 33.1 Å². The van der Waals surface area contributed by atoms with Crippen molar-refractivity contribution < 1.29 is 26.8 Å². The zero-order valence-corrected chi connectivity index (χ0v) is 12.2. The van der Waals surface area contributed by atoms with Crippen molar-refractivity contribution in [3.8, 4) is 0 Å². The lowest BCUT2D eigenvalue weighted by Crippen LogP contribution is -2.32. The Morgan fingerprint density at radius 3 is 2.32 bits per heavy atom. The molecular formula is C9H18N2O6S2. The number of unbranched alkanes of at least 4 members (excludes halogenated alkanes) is 1. The lowest BCUT2D eigenvalue weighted by Gasteiger charge is -2.06. The maximum atomic E-state index is 11.4. The highest BCUT2D eigenvalue weighted by Gasteiger charge is 2.14. The third kappa shape index (κ3) is 10.6. The van der Waals surface area contributed by atoms with Crippen LogP contribution in [-0.2, 0) is 30.9 Å². The van der Waals surface area contributed by atoms with Crippen molar-refractivity contribution in [3.05, 3.63) is 0 Å². The summed E-state index contributed by atoms with van der Waals surface area (Å²) in [4.78, 5) is 22.1. The Morgan fingerprint density at radius 2 is 1.79 bits per heavy atom. The predicted molar refractivity (Wildman–Crippen MR) is 69.6 cm³/mol. The number of amides is 2. The summed E-state index contributed by atoms with van der Waals surface area (Å²) in [6.45, 7) is 1.76. The number of sulfonamides is 1. The highest BCUT2D eigenvalue weighted by molar-refractivity contribution is 7.90. The fourth-order valence-electron chi connectivity index (χ4n) is 1.23. The maximum Gasteiger partial charge on any atom is 0.261 e. The molecule has 8 nitrogen and oxygen atoms in total. The van der Waals surface area contributed by atoms with E-state index in [1.807, 2.05) is 4.72 Å². The number of carbonyl (C=O) groups excluding carboxylic acids is 2. The highest BCUT2D eigenvalue weighted by Crippen LogP contribution is 2.00. The monoisotopic (exact) mass is 314 g/mol. The van der Waals surface area contributed by atoms with Gasteiger partial charge < -0.3 is 0 Å². The van der Waals surface area contributed by atoms with Crippen molar-refractivity contribution in [2.75, 3.05) is 5.75 Å². The highest BCUT2D eigenvalue weighted by atomic mass is 32.2. The summed E-state index contributed by atoms with van der Waals surface area (Å²) in [5.74, 6) is -1.44. The van der Waals surface area contributed by atoms with Gasteiger partial charge in [0.1, 0.15) is 0 Å². The van der Waals surface area contributed by atoms with Gasteiger partial charge >= 0.3 is 0 Å². The summed E-state index contributed by atoms with van der Waals surface area (Å²) >= 11 is -2.40. The Bertz CT molecular complexity index is 434. The third-order valence-electron chi connectivity index (χ3n) is 2.01. The summed E-state index contributed by atoms with van der Waals surface area (Å²) in [6, 6.07) is 0. The van der Waals surface area contributed by atoms with E-state index in [4.69, 9.17) is 4.55 Å². The van der Waals surface area contributed by atoms with E-state index in [-0.39, 0.29) is 31.4 Å². The molecule has 0 saturated heterocycles. The van der Waals surface area contributed by atoms with Gasteiger partial charge in [0, 0.05) is 12.8 Å². The van der Waals surface area contributed by atoms with Crippen LogP contribution in [0.3, 0.4) is 0 Å². The smallest absolute Gasteiger partial charge is 0.261 e. The van der Waals surface area contributed by atoms with E-state index in [2.05, 4.69) is 0 Å². The van der Waals surface area contributed by atoms with Gasteiger partial charge in [-0.25, -0.2) is 12.6 Å². The molecule has 0 aromatic carbocycles. The van der Waals surface area contributed by atoms with Gasteiger partial charge in [0.2, 0.25) is 21.8 Å². The van der Waals surface area contributed by atoms with Crippen molar-refractivity contribution in [2.24, 2.45) is 0 Å². The fraction of sp³-hybridized carbons (Fsp3) is 0.778. The number of rotatable bonds is 9. The van der Waals surface area contributed by atoms with Gasteiger partial charge in [-0.15, -0.1) is 0 Å². The van der Waals surface area contributed by atoms with Crippen molar-refractivity contribution in [3.63, 3.8) is 0 Å². The van der Waals surface area contributed by atoms with Gasteiger partial charge in [-0.1, -0.05) is 6.92 Å². The fourth-order valence-corrected chi connectivity index (χ4v) is 2.66. The van der Waals surface area contributed by atoms with Crippen LogP contribution in [0.4, 0.5) is 0 Å². The van der Waals surface area contributed by atoms with E-state index in [9.17, 15) is 22.2 Å². The molecule has 0 fully saturated rings. The van der Waals surface area contributed by atoms with Gasteiger partial charge in [-0.2, -0.15) is 0 Å². The second-order valence-corrected chi connectivity index (χ2v) is 6.37. The minimum absolute atomic E-state index is 0.0509. The molecule has 0 saturated carbocycles. The minimum Gasteiger partial charge on any atom is -0.289 e. The van der Waals surface area contributed by atoms with Crippen molar-refractivity contribution in [1.82, 2.24) is 9.44 Å². The number of hydrogen-bond donors (Lipinski definition) is 3. The van der Waals surface area contributed by atoms with Gasteiger partial charge in [-0.05, 0) is 19.3 Å². The summed E-state index contributed by atoms with van der Waals surface area (Å²) in [7, 11) is -3.66. The van der Waals surface area contributed by atoms with E-state index >= 15 is 0 Å². The molecule has 0 heterocycles. The van der Waals surface area contributed by atoms with Crippen LogP contribution in [0, 0.1) is 0 Å². The average Bonchev–Trinajstić information content (AvgIpc) is 2.23. The topological polar surface area (TPSA) is 130 Å². The SMILES string of the molecule is CCCC(=O)NS(=O)(=O)CCCCC(=O)NS(=O)O. The summed E-state index contributed by atoms with van der Waals surface area (Å²) < 4.78 is 45.1. The number of hydrogen-bond acceptors (Lipinski definition) is 5. The molecule has 1 unspecified atom stereocenters. The molecule has 0 aromatic heterocycles. The minimum atomic E-state index is -3.66. The van der Waals surface area contributed by atoms with E-state index in [1.54, 1.807) is 11.6 Å². The van der Waals surface area contributed by atoms with Crippen LogP contribution >= 0.6 is 0 Å². The lowest BCUT2D eigenvalue weighted by molar-refractivity contribution is -0.120. The largest absolute Gasteiger partial charge is 0.289 e. The molecule has 0 rings (SSSR count). The van der Waals surface area contributed by atoms with Crippen molar-refractivity contribution in [2.45, 2.75) is 39.0 Å². The first kappa shape index (κ1) is 18.0. The van der Waals surface area contributed by atoms with Crippen LogP contribution in [0.25, 0.3) is 0 Å². The molecule has 0 bridgehead atoms. The molecule has 10 heteroatoms. The molecule has 0 radical (unpaired) electrons. The Morgan fingerprint density at radius 1 is 1.16 bits per heavy atom. The van der Waals surface area contributed by atoms with Crippen molar-refractivity contribution in [1.29, 1.82) is 0 Å². The maximum absolute atomic E-state index is 11.4. The standard InChI is InChI=1S/C9H18N2O6S2/c1-2-5-9(13)11-19(16,17)7-4-3-6-8(12)10-18(14)15/h2-7H2,1H3,(H,10,12)(H,11,13)(H,14,15). The van der Waals surface area contributed by atoms with Crippen molar-refractivity contribution >= 4 is 33.1 Å². The van der Waals surface area contributed by atoms with Crippen LogP contribution in [0.15, 0.2) is 0 Å². The number of carbonyl (C=O) groups is 2. The first-order valence-corrected chi connectivity index (χ1v) is 8.46. The second-order valence-electron chi connectivity index (χ2n) is 3.83. The zero-order valence-electron chi connectivity index (χ0n) is 10.5. The first-order valence-electron chi connectivity index (χ1n) is 5.70. The summed E-state index contributed by atoms with van der Waals surface area (Å²) in [6.07, 6.45) is 1.07. The molecule has 2 amide bonds. The predicted octanol–water partition coefficient (Wildman–Crippen LogP) is -0.344. The Hall–Kier alpha value is -1.00. The van der Waals surface area contributed by atoms with Gasteiger partial charge in [0.05, 0.1) is 5.75 Å². The molecule has 0 aliphatic carbocycles. The molecule has 0 aromatic rings. The third-order valence-corrected chi connectivity index (χ3v) is 3.78. The molecule has 112 valence electrons. The van der Waals surface area contributed by atoms with Crippen LogP contribution < -0.4 is 9.44 Å². The number of nitrogens with one attached hydrogen (secondary N) is 2. The Labute approximate surface area is 114 Å². The Balaban J connectivity index is 3.90. The normalized spacial score (nSPS) is 12.7. The van der Waals surface area contributed by atoms with Crippen LogP contribution in [0.2, 0.25) is 0 Å². The molecule has 0 aliphatic rings. The Kier molecular flexibility index (Phi) is 8.52. The summed E-state index contributed by atoms with van der Waals surface area (Å²) in [5.41, 5.74) is 0. The molecular weight excluding hydrogens is 296 g/mol. The van der Waals surface area contributed by atoms with E-state index in [0.29, 0.717) is 6.42 Å². The molecule has 3 N–H and O–H groups in total. The van der Waals surface area contributed by atoms with Crippen LogP contribution in [0.1, 0.15) is 39.0 Å². The molecule has 1 atom stereocenters. The van der Waals surface area contributed by atoms with E-state index in [0.717, 1.165) is 0 Å². The molecule has 19 heavy (non-hydrogen) atoms. The zero-order chi connectivity index (χ0) is 14.9. The van der Waals surface area contributed by atoms with Gasteiger partial charge in [-0.3, -0.25) is 23.6 Å². The second kappa shape index (κ2) is 8.99. The molecule has 0 spiro atoms. The van der Waals surface area contributed by atoms with E-state index in [1.165, 1.54) is 0 Å². The van der Waals surface area contributed by atoms with Gasteiger partial charge in [0.15, 0.2) is 0 Å². The lowest BCUT2D eigenvalue weighted by atomic mass is 10.2. The first-order chi connectivity index (χ1) is 8.76. The quantitative estimate of drug-likeness (QED) is 0.394. The summed E-state index contributed by atoms with van der Waals surface area (Å²) in [5, 5.41) is 0. The van der Waals surface area contributed by atoms with Crippen LogP contribution in [-0.4, -0.2) is 34.7 Å². The van der Waals surface area contributed by atoms with Crippen LogP contribution in [0.5, 0.6) is 0 Å². The molecule has 0 aliphatic heterocycles. The average molecular weight is 314 g/mol.